The topological polar surface area (TPSA) is 142 Å². The lowest BCUT2D eigenvalue weighted by molar-refractivity contribution is -0.118. The molecule has 2 amide bonds. The maximum atomic E-state index is 11.9. The maximum Gasteiger partial charge on any atom is 0.262 e. The van der Waals surface area contributed by atoms with Crippen LogP contribution in [0.2, 0.25) is 5.02 Å². The van der Waals surface area contributed by atoms with E-state index in [0.29, 0.717) is 5.02 Å². The first-order valence-electron chi connectivity index (χ1n) is 6.81. The number of anilines is 1. The van der Waals surface area contributed by atoms with Gasteiger partial charge in [0.05, 0.1) is 10.5 Å². The van der Waals surface area contributed by atoms with Crippen molar-refractivity contribution < 1.29 is 22.7 Å². The van der Waals surface area contributed by atoms with Gasteiger partial charge >= 0.3 is 0 Å². The van der Waals surface area contributed by atoms with E-state index in [0.717, 1.165) is 0 Å². The third kappa shape index (κ3) is 5.18. The fourth-order valence-corrected chi connectivity index (χ4v) is 2.64. The number of nitrogens with two attached hydrogens (primary N) is 2. The predicted octanol–water partition coefficient (Wildman–Crippen LogP) is 1.10. The third-order valence-electron chi connectivity index (χ3n) is 3.01. The molecule has 0 saturated carbocycles. The number of sulfonamides is 1. The lowest BCUT2D eigenvalue weighted by Gasteiger charge is -2.11. The average molecular weight is 384 g/mol. The van der Waals surface area contributed by atoms with Gasteiger partial charge in [0, 0.05) is 10.7 Å². The Morgan fingerprint density at radius 3 is 2.52 bits per heavy atom. The van der Waals surface area contributed by atoms with Gasteiger partial charge in [-0.15, -0.1) is 0 Å². The molecule has 2 aromatic rings. The van der Waals surface area contributed by atoms with Crippen molar-refractivity contribution in [1.29, 1.82) is 0 Å². The summed E-state index contributed by atoms with van der Waals surface area (Å²) >= 11 is 5.78. The number of benzene rings is 2. The molecule has 2 rings (SSSR count). The van der Waals surface area contributed by atoms with Crippen molar-refractivity contribution in [2.24, 2.45) is 10.9 Å². The predicted molar refractivity (Wildman–Crippen MR) is 91.9 cm³/mol. The van der Waals surface area contributed by atoms with Crippen molar-refractivity contribution in [2.75, 3.05) is 11.9 Å². The van der Waals surface area contributed by atoms with Crippen molar-refractivity contribution in [1.82, 2.24) is 0 Å². The summed E-state index contributed by atoms with van der Waals surface area (Å²) in [4.78, 5) is 23.2. The first kappa shape index (κ1) is 18.7. The van der Waals surface area contributed by atoms with Crippen molar-refractivity contribution in [3.63, 3.8) is 0 Å². The second kappa shape index (κ2) is 7.51. The Kier molecular flexibility index (Phi) is 5.62. The minimum atomic E-state index is -3.88. The summed E-state index contributed by atoms with van der Waals surface area (Å²) in [7, 11) is -3.88. The lowest BCUT2D eigenvalue weighted by atomic mass is 10.2. The van der Waals surface area contributed by atoms with Crippen LogP contribution in [-0.4, -0.2) is 26.8 Å². The minimum Gasteiger partial charge on any atom is -0.483 e. The molecule has 0 fully saturated rings. The zero-order valence-electron chi connectivity index (χ0n) is 12.7. The third-order valence-corrected chi connectivity index (χ3v) is 4.16. The largest absolute Gasteiger partial charge is 0.483 e. The molecule has 0 atom stereocenters. The quantitative estimate of drug-likeness (QED) is 0.684. The van der Waals surface area contributed by atoms with Gasteiger partial charge < -0.3 is 15.8 Å². The van der Waals surface area contributed by atoms with Crippen LogP contribution in [0.4, 0.5) is 5.69 Å². The van der Waals surface area contributed by atoms with Crippen molar-refractivity contribution >= 4 is 39.1 Å². The number of hydrogen-bond acceptors (Lipinski definition) is 5. The Hall–Kier alpha value is -2.62. The number of nitrogens with one attached hydrogen (secondary N) is 1. The summed E-state index contributed by atoms with van der Waals surface area (Å²) < 4.78 is 27.9. The molecule has 8 nitrogen and oxygen atoms in total. The second-order valence-corrected chi connectivity index (χ2v) is 6.91. The SMILES string of the molecule is NC(=O)c1cc(Cl)ccc1OCC(=O)Nc1cccc(S(N)(=O)=O)c1. The first-order chi connectivity index (χ1) is 11.7. The van der Waals surface area contributed by atoms with Gasteiger partial charge in [0.15, 0.2) is 6.61 Å². The average Bonchev–Trinajstić information content (AvgIpc) is 2.53. The summed E-state index contributed by atoms with van der Waals surface area (Å²) in [5.74, 6) is -1.22. The minimum absolute atomic E-state index is 0.0384. The number of amides is 2. The van der Waals surface area contributed by atoms with Gasteiger partial charge in [0.25, 0.3) is 11.8 Å². The number of primary amides is 1. The van der Waals surface area contributed by atoms with E-state index in [1.807, 2.05) is 0 Å². The highest BCUT2D eigenvalue weighted by molar-refractivity contribution is 7.89. The molecular formula is C15H14ClN3O5S. The monoisotopic (exact) mass is 383 g/mol. The van der Waals surface area contributed by atoms with Crippen LogP contribution < -0.4 is 20.9 Å². The summed E-state index contributed by atoms with van der Waals surface area (Å²) in [6.45, 7) is -0.429. The molecule has 10 heteroatoms. The molecule has 0 spiro atoms. The van der Waals surface area contributed by atoms with Crippen molar-refractivity contribution in [3.8, 4) is 5.75 Å². The Bertz CT molecular complexity index is 931. The molecule has 5 N–H and O–H groups in total. The number of carbonyl (C=O) groups excluding carboxylic acids is 2. The van der Waals surface area contributed by atoms with Crippen LogP contribution >= 0.6 is 11.6 Å². The molecule has 0 aliphatic heterocycles. The van der Waals surface area contributed by atoms with Crippen LogP contribution in [0.3, 0.4) is 0 Å². The smallest absolute Gasteiger partial charge is 0.262 e. The summed E-state index contributed by atoms with van der Waals surface area (Å²) in [6.07, 6.45) is 0. The number of carbonyl (C=O) groups is 2. The van der Waals surface area contributed by atoms with Crippen LogP contribution in [0.1, 0.15) is 10.4 Å². The molecule has 0 heterocycles. The maximum absolute atomic E-state index is 11.9. The van der Waals surface area contributed by atoms with Crippen LogP contribution in [0.15, 0.2) is 47.4 Å². The highest BCUT2D eigenvalue weighted by Crippen LogP contribution is 2.22. The zero-order chi connectivity index (χ0) is 18.6. The van der Waals surface area contributed by atoms with Gasteiger partial charge in [-0.25, -0.2) is 13.6 Å². The van der Waals surface area contributed by atoms with Crippen LogP contribution in [0.25, 0.3) is 0 Å². The molecule has 0 unspecified atom stereocenters. The van der Waals surface area contributed by atoms with Gasteiger partial charge in [0.1, 0.15) is 5.75 Å². The number of rotatable bonds is 6. The van der Waals surface area contributed by atoms with Crippen LogP contribution in [0.5, 0.6) is 5.75 Å². The molecule has 0 saturated heterocycles. The fraction of sp³-hybridized carbons (Fsp3) is 0.0667. The van der Waals surface area contributed by atoms with E-state index >= 15 is 0 Å². The van der Waals surface area contributed by atoms with Crippen LogP contribution in [0, 0.1) is 0 Å². The van der Waals surface area contributed by atoms with Crippen LogP contribution in [-0.2, 0) is 14.8 Å². The van der Waals surface area contributed by atoms with Gasteiger partial charge in [-0.2, -0.15) is 0 Å². The van der Waals surface area contributed by atoms with Gasteiger partial charge in [0.2, 0.25) is 10.0 Å². The normalized spacial score (nSPS) is 11.0. The Morgan fingerprint density at radius 2 is 1.88 bits per heavy atom. The van der Waals surface area contributed by atoms with E-state index in [1.54, 1.807) is 0 Å². The zero-order valence-corrected chi connectivity index (χ0v) is 14.3. The molecule has 132 valence electrons. The number of hydrogen-bond donors (Lipinski definition) is 3. The van der Waals surface area contributed by atoms with E-state index < -0.39 is 28.4 Å². The van der Waals surface area contributed by atoms with Gasteiger partial charge in [-0.05, 0) is 36.4 Å². The molecular weight excluding hydrogens is 370 g/mol. The second-order valence-electron chi connectivity index (χ2n) is 4.91. The van der Waals surface area contributed by atoms with E-state index in [1.165, 1.54) is 42.5 Å². The Balaban J connectivity index is 2.06. The molecule has 25 heavy (non-hydrogen) atoms. The first-order valence-corrected chi connectivity index (χ1v) is 8.74. The molecule has 0 bridgehead atoms. The standard InChI is InChI=1S/C15H14ClN3O5S/c16-9-4-5-13(12(6-9)15(17)21)24-8-14(20)19-10-2-1-3-11(7-10)25(18,22)23/h1-7H,8H2,(H2,17,21)(H,19,20)(H2,18,22,23). The van der Waals surface area contributed by atoms with E-state index in [-0.39, 0.29) is 21.9 Å². The van der Waals surface area contributed by atoms with E-state index in [2.05, 4.69) is 5.32 Å². The molecule has 0 aromatic heterocycles. The van der Waals surface area contributed by atoms with E-state index in [4.69, 9.17) is 27.2 Å². The van der Waals surface area contributed by atoms with E-state index in [9.17, 15) is 18.0 Å². The summed E-state index contributed by atoms with van der Waals surface area (Å²) in [6, 6.07) is 9.66. The molecule has 0 aliphatic rings. The van der Waals surface area contributed by atoms with Crippen molar-refractivity contribution in [3.05, 3.63) is 53.1 Å². The summed E-state index contributed by atoms with van der Waals surface area (Å²) in [5.41, 5.74) is 5.49. The van der Waals surface area contributed by atoms with Crippen molar-refractivity contribution in [2.45, 2.75) is 4.90 Å². The fourth-order valence-electron chi connectivity index (χ4n) is 1.91. The highest BCUT2D eigenvalue weighted by atomic mass is 35.5. The number of halogens is 1. The molecule has 0 radical (unpaired) electrons. The number of primary sulfonamides is 1. The lowest BCUT2D eigenvalue weighted by Crippen LogP contribution is -2.22. The van der Waals surface area contributed by atoms with Gasteiger partial charge in [-0.1, -0.05) is 17.7 Å². The molecule has 2 aromatic carbocycles. The Labute approximate surface area is 148 Å². The Morgan fingerprint density at radius 1 is 1.16 bits per heavy atom. The summed E-state index contributed by atoms with van der Waals surface area (Å²) in [5, 5.41) is 7.78. The highest BCUT2D eigenvalue weighted by Gasteiger charge is 2.13. The molecule has 0 aliphatic carbocycles. The van der Waals surface area contributed by atoms with Gasteiger partial charge in [-0.3, -0.25) is 9.59 Å². The number of ether oxygens (including phenoxy) is 1.